The average Bonchev–Trinajstić information content (AvgIpc) is 3.02. The fraction of sp³-hybridized carbons (Fsp3) is 0.438. The summed E-state index contributed by atoms with van der Waals surface area (Å²) in [4.78, 5) is 35.6. The Hall–Kier alpha value is -4.40. The Morgan fingerprint density at radius 3 is 2.43 bits per heavy atom. The minimum absolute atomic E-state index is 0.00678. The molecule has 46 heavy (non-hydrogen) atoms. The van der Waals surface area contributed by atoms with Gasteiger partial charge in [-0.2, -0.15) is 18.4 Å². The third-order valence-electron chi connectivity index (χ3n) is 8.28. The number of halogens is 3. The molecule has 1 heterocycles. The van der Waals surface area contributed by atoms with Crippen LogP contribution in [0.25, 0.3) is 4.85 Å². The molecule has 10 nitrogen and oxygen atoms in total. The van der Waals surface area contributed by atoms with E-state index in [1.54, 1.807) is 0 Å². The first-order valence-electron chi connectivity index (χ1n) is 14.8. The maximum Gasteiger partial charge on any atom is 0.416 e. The van der Waals surface area contributed by atoms with Crippen LogP contribution in [0, 0.1) is 17.9 Å². The number of nitriles is 1. The van der Waals surface area contributed by atoms with Gasteiger partial charge in [0.1, 0.15) is 6.04 Å². The SMILES string of the molecule is [C-]#[N+]C1=C(C)N(c2cccc(C(F)(F)F)c2)C(=O)N(C(=O)N(CCCCO)C2CCCCC2)[C@@H]1c1ccc(C#N)cc1S(C)(=O)=O. The van der Waals surface area contributed by atoms with Gasteiger partial charge in [0, 0.05) is 36.8 Å². The summed E-state index contributed by atoms with van der Waals surface area (Å²) in [5, 5.41) is 18.9. The van der Waals surface area contributed by atoms with Crippen LogP contribution in [0.3, 0.4) is 0 Å². The van der Waals surface area contributed by atoms with Crippen molar-refractivity contribution in [3.05, 3.63) is 82.0 Å². The fourth-order valence-corrected chi connectivity index (χ4v) is 7.00. The smallest absolute Gasteiger partial charge is 0.396 e. The molecule has 0 saturated heterocycles. The lowest BCUT2D eigenvalue weighted by atomic mass is 9.93. The number of aliphatic hydroxyl groups is 1. The van der Waals surface area contributed by atoms with Crippen LogP contribution < -0.4 is 4.90 Å². The quantitative estimate of drug-likeness (QED) is 0.251. The molecule has 0 spiro atoms. The van der Waals surface area contributed by atoms with Crippen LogP contribution in [0.15, 0.2) is 58.8 Å². The van der Waals surface area contributed by atoms with E-state index in [0.717, 1.165) is 59.6 Å². The van der Waals surface area contributed by atoms with E-state index in [4.69, 9.17) is 6.57 Å². The van der Waals surface area contributed by atoms with Gasteiger partial charge in [0.15, 0.2) is 9.84 Å². The first-order valence-corrected chi connectivity index (χ1v) is 16.7. The van der Waals surface area contributed by atoms with E-state index in [2.05, 4.69) is 4.85 Å². The lowest BCUT2D eigenvalue weighted by Crippen LogP contribution is -2.58. The van der Waals surface area contributed by atoms with Crippen molar-refractivity contribution in [3.8, 4) is 6.07 Å². The Morgan fingerprint density at radius 1 is 1.15 bits per heavy atom. The predicted octanol–water partition coefficient (Wildman–Crippen LogP) is 6.64. The van der Waals surface area contributed by atoms with Crippen molar-refractivity contribution in [2.24, 2.45) is 0 Å². The second kappa shape index (κ2) is 13.9. The molecule has 1 aliphatic heterocycles. The number of imide groups is 1. The number of hydrogen-bond donors (Lipinski definition) is 1. The number of benzene rings is 2. The summed E-state index contributed by atoms with van der Waals surface area (Å²) >= 11 is 0. The summed E-state index contributed by atoms with van der Waals surface area (Å²) in [6.07, 6.45) is 0.765. The zero-order valence-corrected chi connectivity index (χ0v) is 26.2. The summed E-state index contributed by atoms with van der Waals surface area (Å²) in [5.41, 5.74) is -1.72. The van der Waals surface area contributed by atoms with E-state index >= 15 is 0 Å². The monoisotopic (exact) mass is 657 g/mol. The molecule has 0 aromatic heterocycles. The third kappa shape index (κ3) is 7.03. The second-order valence-electron chi connectivity index (χ2n) is 11.4. The maximum atomic E-state index is 14.7. The van der Waals surface area contributed by atoms with Crippen LogP contribution in [0.5, 0.6) is 0 Å². The van der Waals surface area contributed by atoms with Gasteiger partial charge >= 0.3 is 18.2 Å². The van der Waals surface area contributed by atoms with E-state index in [1.165, 1.54) is 30.0 Å². The molecule has 1 saturated carbocycles. The minimum atomic E-state index is -4.75. The number of aliphatic hydroxyl groups excluding tert-OH is 1. The Balaban J connectivity index is 2.00. The molecule has 244 valence electrons. The molecule has 4 amide bonds. The first-order chi connectivity index (χ1) is 21.7. The number of alkyl halides is 3. The molecule has 1 atom stereocenters. The van der Waals surface area contributed by atoms with Gasteiger partial charge in [0.25, 0.3) is 0 Å². The van der Waals surface area contributed by atoms with E-state index in [1.807, 2.05) is 6.07 Å². The van der Waals surface area contributed by atoms with Crippen LogP contribution >= 0.6 is 0 Å². The molecule has 2 aromatic carbocycles. The summed E-state index contributed by atoms with van der Waals surface area (Å²) < 4.78 is 67.2. The molecule has 0 unspecified atom stereocenters. The zero-order valence-electron chi connectivity index (χ0n) is 25.4. The van der Waals surface area contributed by atoms with Crippen molar-refractivity contribution in [1.82, 2.24) is 9.80 Å². The molecule has 14 heteroatoms. The van der Waals surface area contributed by atoms with Crippen molar-refractivity contribution >= 4 is 27.6 Å². The highest BCUT2D eigenvalue weighted by Gasteiger charge is 2.47. The summed E-state index contributed by atoms with van der Waals surface area (Å²) in [6, 6.07) is 5.74. The van der Waals surface area contributed by atoms with Gasteiger partial charge in [-0.05, 0) is 68.5 Å². The van der Waals surface area contributed by atoms with Crippen LogP contribution in [0.1, 0.15) is 74.6 Å². The van der Waals surface area contributed by atoms with E-state index in [-0.39, 0.29) is 52.3 Å². The van der Waals surface area contributed by atoms with Gasteiger partial charge in [-0.1, -0.05) is 31.4 Å². The molecule has 0 radical (unpaired) electrons. The molecular formula is C32H34F3N5O5S. The molecule has 2 aromatic rings. The third-order valence-corrected chi connectivity index (χ3v) is 9.44. The van der Waals surface area contributed by atoms with Gasteiger partial charge in [-0.3, -0.25) is 4.90 Å². The van der Waals surface area contributed by atoms with Crippen molar-refractivity contribution in [2.45, 2.75) is 75.0 Å². The molecule has 1 aliphatic carbocycles. The number of nitrogens with zero attached hydrogens (tertiary/aromatic N) is 5. The van der Waals surface area contributed by atoms with Crippen LogP contribution in [0.4, 0.5) is 28.4 Å². The number of amides is 4. The van der Waals surface area contributed by atoms with Gasteiger partial charge < -0.3 is 10.0 Å². The summed E-state index contributed by atoms with van der Waals surface area (Å²) in [5.74, 6) is 0. The number of urea groups is 2. The Bertz CT molecular complexity index is 1720. The largest absolute Gasteiger partial charge is 0.416 e. The second-order valence-corrected chi connectivity index (χ2v) is 13.3. The summed E-state index contributed by atoms with van der Waals surface area (Å²) in [6.45, 7) is 9.48. The van der Waals surface area contributed by atoms with Crippen LogP contribution in [-0.2, 0) is 16.0 Å². The highest BCUT2D eigenvalue weighted by atomic mass is 32.2. The number of allylic oxidation sites excluding steroid dienone is 1. The van der Waals surface area contributed by atoms with Gasteiger partial charge in [-0.25, -0.2) is 27.8 Å². The molecular weight excluding hydrogens is 623 g/mol. The minimum Gasteiger partial charge on any atom is -0.396 e. The number of sulfone groups is 1. The lowest BCUT2D eigenvalue weighted by molar-refractivity contribution is -0.137. The standard InChI is InChI=1S/C32H34F3N5O5S/c1-21-28(37-2)29(26-15-14-22(20-36)18-27(26)46(3,44)45)40(30(42)38(16-7-8-17-41)24-11-5-4-6-12-24)31(43)39(21)25-13-9-10-23(19-25)32(33,34)35/h9-10,13-15,18-19,24,29,41H,4-8,11-12,16-17H2,1,3H3/t29-/m1/s1. The highest BCUT2D eigenvalue weighted by molar-refractivity contribution is 7.90. The number of carbonyl (C=O) groups is 2. The number of rotatable bonds is 8. The van der Waals surface area contributed by atoms with Crippen molar-refractivity contribution < 1.29 is 36.3 Å². The molecule has 0 bridgehead atoms. The van der Waals surface area contributed by atoms with Gasteiger partial charge in [-0.15, -0.1) is 0 Å². The first kappa shape index (κ1) is 34.5. The number of hydrogen-bond acceptors (Lipinski definition) is 6. The number of anilines is 1. The number of carbonyl (C=O) groups excluding carboxylic acids is 2. The summed E-state index contributed by atoms with van der Waals surface area (Å²) in [7, 11) is -4.08. The topological polar surface area (TPSA) is 126 Å². The molecule has 1 N–H and O–H groups in total. The fourth-order valence-electron chi connectivity index (χ4n) is 6.05. The van der Waals surface area contributed by atoms with Crippen molar-refractivity contribution in [1.29, 1.82) is 5.26 Å². The normalized spacial score (nSPS) is 17.9. The zero-order chi connectivity index (χ0) is 33.8. The highest BCUT2D eigenvalue weighted by Crippen LogP contribution is 2.44. The van der Waals surface area contributed by atoms with Crippen molar-refractivity contribution in [3.63, 3.8) is 0 Å². The molecule has 2 aliphatic rings. The molecule has 1 fully saturated rings. The Kier molecular flexibility index (Phi) is 10.4. The average molecular weight is 658 g/mol. The van der Waals surface area contributed by atoms with Crippen molar-refractivity contribution in [2.75, 3.05) is 24.3 Å². The number of unbranched alkanes of at least 4 members (excludes halogenated alkanes) is 1. The lowest BCUT2D eigenvalue weighted by Gasteiger charge is -2.44. The van der Waals surface area contributed by atoms with E-state index < -0.39 is 39.7 Å². The van der Waals surface area contributed by atoms with Gasteiger partial charge in [0.05, 0.1) is 28.7 Å². The predicted molar refractivity (Wildman–Crippen MR) is 163 cm³/mol. The Labute approximate surface area is 266 Å². The van der Waals surface area contributed by atoms with Crippen LogP contribution in [-0.4, -0.2) is 60.8 Å². The maximum absolute atomic E-state index is 14.7. The van der Waals surface area contributed by atoms with E-state index in [0.29, 0.717) is 25.7 Å². The Morgan fingerprint density at radius 2 is 1.85 bits per heavy atom. The van der Waals surface area contributed by atoms with E-state index in [9.17, 15) is 41.5 Å². The molecule has 4 rings (SSSR count). The van der Waals surface area contributed by atoms with Gasteiger partial charge in [0.2, 0.25) is 5.70 Å². The van der Waals surface area contributed by atoms with Crippen LogP contribution in [0.2, 0.25) is 0 Å².